The van der Waals surface area contributed by atoms with Crippen molar-refractivity contribution in [2.24, 2.45) is 0 Å². The van der Waals surface area contributed by atoms with Gasteiger partial charge in [-0.05, 0) is 70.6 Å². The summed E-state index contributed by atoms with van der Waals surface area (Å²) in [4.78, 5) is 16.4. The Bertz CT molecular complexity index is 2780. The van der Waals surface area contributed by atoms with E-state index in [0.717, 1.165) is 27.9 Å². The van der Waals surface area contributed by atoms with Gasteiger partial charge in [0.15, 0.2) is 17.5 Å². The average molecular weight is 683 g/mol. The molecule has 4 nitrogen and oxygen atoms in total. The Kier molecular flexibility index (Phi) is 7.29. The van der Waals surface area contributed by atoms with Crippen LogP contribution in [0.3, 0.4) is 0 Å². The van der Waals surface area contributed by atoms with Crippen LogP contribution in [0.2, 0.25) is 0 Å². The maximum atomic E-state index is 5.07. The fourth-order valence-corrected chi connectivity index (χ4v) is 8.14. The molecule has 52 heavy (non-hydrogen) atoms. The molecule has 10 aromatic rings. The van der Waals surface area contributed by atoms with Crippen molar-refractivity contribution in [3.8, 4) is 61.4 Å². The quantitative estimate of drug-likeness (QED) is 0.175. The normalized spacial score (nSPS) is 11.5. The lowest BCUT2D eigenvalue weighted by molar-refractivity contribution is 1.07. The molecule has 0 unspecified atom stereocenters. The smallest absolute Gasteiger partial charge is 0.164 e. The van der Waals surface area contributed by atoms with Crippen LogP contribution >= 0.6 is 11.3 Å². The zero-order valence-corrected chi connectivity index (χ0v) is 28.8. The summed E-state index contributed by atoms with van der Waals surface area (Å²) in [6, 6.07) is 63.9. The van der Waals surface area contributed by atoms with E-state index in [-0.39, 0.29) is 0 Å². The van der Waals surface area contributed by atoms with Crippen molar-refractivity contribution in [2.45, 2.75) is 0 Å². The Balaban J connectivity index is 1.06. The second-order valence-electron chi connectivity index (χ2n) is 12.9. The molecule has 0 N–H and O–H groups in total. The van der Waals surface area contributed by atoms with Gasteiger partial charge in [0, 0.05) is 42.7 Å². The lowest BCUT2D eigenvalue weighted by atomic mass is 10.0. The SMILES string of the molecule is c1ccc(-c2ccc(-c3nc(-c4ccc(-c5cc6ccccc6s5)cc4)nc(-c4ccc(-n5c6ccccc6c6ccccc65)cc4)n3)cc2)cc1. The Morgan fingerprint density at radius 3 is 1.38 bits per heavy atom. The van der Waals surface area contributed by atoms with Gasteiger partial charge in [0.05, 0.1) is 11.0 Å². The number of fused-ring (bicyclic) bond motifs is 4. The minimum absolute atomic E-state index is 0.634. The lowest BCUT2D eigenvalue weighted by Crippen LogP contribution is -2.00. The highest BCUT2D eigenvalue weighted by molar-refractivity contribution is 7.22. The second-order valence-corrected chi connectivity index (χ2v) is 14.0. The van der Waals surface area contributed by atoms with E-state index in [9.17, 15) is 0 Å². The van der Waals surface area contributed by atoms with Gasteiger partial charge in [-0.25, -0.2) is 15.0 Å². The van der Waals surface area contributed by atoms with Crippen LogP contribution in [0.1, 0.15) is 0 Å². The van der Waals surface area contributed by atoms with Crippen molar-refractivity contribution in [2.75, 3.05) is 0 Å². The number of thiophene rings is 1. The second kappa shape index (κ2) is 12.6. The standard InChI is InChI=1S/C47H30N4S/c1-2-10-31(11-3-1)32-18-22-34(23-19-32)45-48-46(35-24-20-33(21-25-35)44-30-37-12-4-9-17-43(37)52-44)50-47(49-45)36-26-28-38(29-27-36)51-41-15-7-5-13-39(41)40-14-6-8-16-42(40)51/h1-30H. The van der Waals surface area contributed by atoms with Crippen LogP contribution in [0.15, 0.2) is 182 Å². The zero-order valence-electron chi connectivity index (χ0n) is 28.0. The van der Waals surface area contributed by atoms with Gasteiger partial charge in [0.2, 0.25) is 0 Å². The molecule has 3 aromatic heterocycles. The molecule has 0 fully saturated rings. The van der Waals surface area contributed by atoms with Crippen molar-refractivity contribution in [1.29, 1.82) is 0 Å². The third-order valence-corrected chi connectivity index (χ3v) is 10.9. The molecule has 0 radical (unpaired) electrons. The lowest BCUT2D eigenvalue weighted by Gasteiger charge is -2.11. The van der Waals surface area contributed by atoms with Gasteiger partial charge in [-0.2, -0.15) is 0 Å². The summed E-state index contributed by atoms with van der Waals surface area (Å²) >= 11 is 1.81. The van der Waals surface area contributed by atoms with Crippen LogP contribution in [-0.2, 0) is 0 Å². The molecule has 0 aliphatic carbocycles. The number of hydrogen-bond donors (Lipinski definition) is 0. The van der Waals surface area contributed by atoms with Crippen LogP contribution < -0.4 is 0 Å². The topological polar surface area (TPSA) is 43.6 Å². The first-order chi connectivity index (χ1) is 25.7. The highest BCUT2D eigenvalue weighted by atomic mass is 32.1. The summed E-state index contributed by atoms with van der Waals surface area (Å²) in [7, 11) is 0. The number of benzene rings is 7. The first kappa shape index (κ1) is 30.2. The van der Waals surface area contributed by atoms with E-state index in [0.29, 0.717) is 17.5 Å². The first-order valence-electron chi connectivity index (χ1n) is 17.4. The fraction of sp³-hybridized carbons (Fsp3) is 0. The van der Waals surface area contributed by atoms with E-state index in [1.165, 1.54) is 47.9 Å². The van der Waals surface area contributed by atoms with Crippen LogP contribution in [0.25, 0.3) is 93.3 Å². The third-order valence-electron chi connectivity index (χ3n) is 9.70. The molecule has 0 saturated carbocycles. The summed E-state index contributed by atoms with van der Waals surface area (Å²) < 4.78 is 3.61. The van der Waals surface area contributed by atoms with Gasteiger partial charge in [0.1, 0.15) is 0 Å². The monoisotopic (exact) mass is 682 g/mol. The Labute approximate surface area is 305 Å². The van der Waals surface area contributed by atoms with Crippen LogP contribution in [-0.4, -0.2) is 19.5 Å². The molecule has 0 atom stereocenters. The Morgan fingerprint density at radius 1 is 0.365 bits per heavy atom. The molecule has 0 bridgehead atoms. The third kappa shape index (κ3) is 5.36. The molecule has 7 aromatic carbocycles. The maximum Gasteiger partial charge on any atom is 0.164 e. The molecule has 0 aliphatic rings. The van der Waals surface area contributed by atoms with Gasteiger partial charge < -0.3 is 4.57 Å². The minimum Gasteiger partial charge on any atom is -0.309 e. The fourth-order valence-electron chi connectivity index (χ4n) is 7.07. The van der Waals surface area contributed by atoms with E-state index in [2.05, 4.69) is 180 Å². The van der Waals surface area contributed by atoms with Gasteiger partial charge >= 0.3 is 0 Å². The molecule has 0 saturated heterocycles. The summed E-state index contributed by atoms with van der Waals surface area (Å²) in [5.74, 6) is 1.91. The van der Waals surface area contributed by atoms with Crippen molar-refractivity contribution >= 4 is 43.2 Å². The molecular formula is C47H30N4S. The van der Waals surface area contributed by atoms with E-state index in [1.54, 1.807) is 0 Å². The van der Waals surface area contributed by atoms with E-state index < -0.39 is 0 Å². The summed E-state index contributed by atoms with van der Waals surface area (Å²) in [5.41, 5.74) is 9.76. The van der Waals surface area contributed by atoms with Crippen molar-refractivity contribution in [3.05, 3.63) is 182 Å². The number of hydrogen-bond acceptors (Lipinski definition) is 4. The largest absolute Gasteiger partial charge is 0.309 e. The summed E-state index contributed by atoms with van der Waals surface area (Å²) in [6.07, 6.45) is 0. The highest BCUT2D eigenvalue weighted by Gasteiger charge is 2.15. The van der Waals surface area contributed by atoms with Gasteiger partial charge in [-0.1, -0.05) is 133 Å². The molecule has 0 spiro atoms. The van der Waals surface area contributed by atoms with E-state index >= 15 is 0 Å². The van der Waals surface area contributed by atoms with Crippen LogP contribution in [0.5, 0.6) is 0 Å². The van der Waals surface area contributed by atoms with Gasteiger partial charge in [-0.15, -0.1) is 11.3 Å². The first-order valence-corrected chi connectivity index (χ1v) is 18.2. The molecule has 10 rings (SSSR count). The molecule has 0 amide bonds. The van der Waals surface area contributed by atoms with Gasteiger partial charge in [0.25, 0.3) is 0 Å². The van der Waals surface area contributed by atoms with Crippen molar-refractivity contribution in [3.63, 3.8) is 0 Å². The highest BCUT2D eigenvalue weighted by Crippen LogP contribution is 2.36. The molecule has 0 aliphatic heterocycles. The maximum absolute atomic E-state index is 5.07. The zero-order chi connectivity index (χ0) is 34.4. The van der Waals surface area contributed by atoms with Crippen LogP contribution in [0, 0.1) is 0 Å². The summed E-state index contributed by atoms with van der Waals surface area (Å²) in [6.45, 7) is 0. The summed E-state index contributed by atoms with van der Waals surface area (Å²) in [5, 5.41) is 3.75. The number of rotatable bonds is 6. The Morgan fingerprint density at radius 2 is 0.808 bits per heavy atom. The van der Waals surface area contributed by atoms with Crippen LogP contribution in [0.4, 0.5) is 0 Å². The molecule has 3 heterocycles. The number of nitrogens with zero attached hydrogens (tertiary/aromatic N) is 4. The van der Waals surface area contributed by atoms with Crippen molar-refractivity contribution < 1.29 is 0 Å². The van der Waals surface area contributed by atoms with Crippen molar-refractivity contribution in [1.82, 2.24) is 19.5 Å². The van der Waals surface area contributed by atoms with Gasteiger partial charge in [-0.3, -0.25) is 0 Å². The number of aromatic nitrogens is 4. The number of para-hydroxylation sites is 2. The van der Waals surface area contributed by atoms with E-state index in [4.69, 9.17) is 15.0 Å². The Hall–Kier alpha value is -6.69. The average Bonchev–Trinajstić information content (AvgIpc) is 3.81. The minimum atomic E-state index is 0.634. The molecule has 5 heteroatoms. The predicted octanol–water partition coefficient (Wildman–Crippen LogP) is 12.5. The van der Waals surface area contributed by atoms with E-state index in [1.807, 2.05) is 17.4 Å². The predicted molar refractivity (Wildman–Crippen MR) is 217 cm³/mol. The molecule has 244 valence electrons. The molecular weight excluding hydrogens is 653 g/mol.